The van der Waals surface area contributed by atoms with E-state index in [9.17, 15) is 9.90 Å². The molecule has 0 atom stereocenters. The molecule has 0 aliphatic carbocycles. The van der Waals surface area contributed by atoms with E-state index >= 15 is 0 Å². The van der Waals surface area contributed by atoms with Crippen LogP contribution < -0.4 is 4.90 Å². The van der Waals surface area contributed by atoms with Gasteiger partial charge in [0.2, 0.25) is 5.95 Å². The lowest BCUT2D eigenvalue weighted by atomic mass is 10.1. The summed E-state index contributed by atoms with van der Waals surface area (Å²) in [6.45, 7) is 0. The molecule has 0 saturated carbocycles. The average molecular weight is 278 g/mol. The Hall–Kier alpha value is -2.14. The van der Waals surface area contributed by atoms with Crippen LogP contribution in [0.2, 0.25) is 5.02 Å². The Balaban J connectivity index is 2.68. The van der Waals surface area contributed by atoms with Crippen LogP contribution in [0.25, 0.3) is 11.3 Å². The van der Waals surface area contributed by atoms with Crippen molar-refractivity contribution in [2.45, 2.75) is 0 Å². The van der Waals surface area contributed by atoms with Gasteiger partial charge in [-0.3, -0.25) is 0 Å². The second-order valence-corrected chi connectivity index (χ2v) is 4.52. The normalized spacial score (nSPS) is 10.3. The van der Waals surface area contributed by atoms with Crippen LogP contribution in [-0.4, -0.2) is 35.1 Å². The van der Waals surface area contributed by atoms with Crippen LogP contribution in [0.4, 0.5) is 5.95 Å². The maximum absolute atomic E-state index is 11.3. The Morgan fingerprint density at radius 2 is 2.00 bits per heavy atom. The van der Waals surface area contributed by atoms with Crippen molar-refractivity contribution in [3.05, 3.63) is 41.0 Å². The van der Waals surface area contributed by atoms with E-state index in [1.54, 1.807) is 43.3 Å². The first-order chi connectivity index (χ1) is 9.00. The van der Waals surface area contributed by atoms with E-state index in [-0.39, 0.29) is 5.56 Å². The summed E-state index contributed by atoms with van der Waals surface area (Å²) in [6, 6.07) is 6.99. The number of carbonyl (C=O) groups is 1. The maximum atomic E-state index is 11.3. The topological polar surface area (TPSA) is 66.3 Å². The number of carboxylic acids is 1. The van der Waals surface area contributed by atoms with Crippen LogP contribution in [0.5, 0.6) is 0 Å². The fourth-order valence-electron chi connectivity index (χ4n) is 1.60. The molecule has 0 radical (unpaired) electrons. The lowest BCUT2D eigenvalue weighted by Crippen LogP contribution is -2.15. The molecule has 1 aromatic carbocycles. The summed E-state index contributed by atoms with van der Waals surface area (Å²) >= 11 is 6.10. The highest BCUT2D eigenvalue weighted by molar-refractivity contribution is 6.33. The summed E-state index contributed by atoms with van der Waals surface area (Å²) < 4.78 is 0. The average Bonchev–Trinajstić information content (AvgIpc) is 2.38. The lowest BCUT2D eigenvalue weighted by Gasteiger charge is -2.13. The zero-order valence-corrected chi connectivity index (χ0v) is 11.2. The highest BCUT2D eigenvalue weighted by Crippen LogP contribution is 2.29. The summed E-state index contributed by atoms with van der Waals surface area (Å²) in [7, 11) is 3.57. The molecule has 5 nitrogen and oxygen atoms in total. The van der Waals surface area contributed by atoms with Gasteiger partial charge in [0.1, 0.15) is 5.56 Å². The largest absolute Gasteiger partial charge is 0.478 e. The molecule has 2 rings (SSSR count). The molecule has 0 amide bonds. The van der Waals surface area contributed by atoms with Gasteiger partial charge in [-0.15, -0.1) is 0 Å². The van der Waals surface area contributed by atoms with E-state index in [0.29, 0.717) is 22.2 Å². The molecule has 2 aromatic rings. The molecule has 0 aliphatic heterocycles. The van der Waals surface area contributed by atoms with Gasteiger partial charge in [0, 0.05) is 30.9 Å². The van der Waals surface area contributed by atoms with Crippen LogP contribution in [-0.2, 0) is 0 Å². The van der Waals surface area contributed by atoms with Gasteiger partial charge in [0.25, 0.3) is 0 Å². The standard InChI is InChI=1S/C13H12ClN3O2/c1-17(2)13-15-7-9(12(18)19)11(16-13)8-5-3-4-6-10(8)14/h3-7H,1-2H3,(H,18,19). The molecule has 0 spiro atoms. The molecule has 19 heavy (non-hydrogen) atoms. The van der Waals surface area contributed by atoms with Gasteiger partial charge in [0.05, 0.1) is 5.69 Å². The molecule has 1 heterocycles. The van der Waals surface area contributed by atoms with Crippen molar-refractivity contribution in [1.29, 1.82) is 0 Å². The monoisotopic (exact) mass is 277 g/mol. The highest BCUT2D eigenvalue weighted by Gasteiger charge is 2.17. The van der Waals surface area contributed by atoms with Crippen molar-refractivity contribution in [3.63, 3.8) is 0 Å². The fourth-order valence-corrected chi connectivity index (χ4v) is 1.83. The third-order valence-electron chi connectivity index (χ3n) is 2.54. The molecular weight excluding hydrogens is 266 g/mol. The lowest BCUT2D eigenvalue weighted by molar-refractivity contribution is 0.0697. The molecule has 0 fully saturated rings. The first-order valence-electron chi connectivity index (χ1n) is 5.53. The number of aromatic carboxylic acids is 1. The van der Waals surface area contributed by atoms with Crippen LogP contribution in [0, 0.1) is 0 Å². The van der Waals surface area contributed by atoms with Crippen molar-refractivity contribution in [3.8, 4) is 11.3 Å². The first-order valence-corrected chi connectivity index (χ1v) is 5.91. The summed E-state index contributed by atoms with van der Waals surface area (Å²) in [6.07, 6.45) is 1.29. The minimum atomic E-state index is -1.08. The maximum Gasteiger partial charge on any atom is 0.339 e. The van der Waals surface area contributed by atoms with Crippen LogP contribution in [0.3, 0.4) is 0 Å². The van der Waals surface area contributed by atoms with Crippen LogP contribution in [0.15, 0.2) is 30.5 Å². The zero-order chi connectivity index (χ0) is 14.0. The van der Waals surface area contributed by atoms with E-state index in [1.165, 1.54) is 6.20 Å². The van der Waals surface area contributed by atoms with Gasteiger partial charge < -0.3 is 10.0 Å². The third-order valence-corrected chi connectivity index (χ3v) is 2.87. The van der Waals surface area contributed by atoms with E-state index in [2.05, 4.69) is 9.97 Å². The highest BCUT2D eigenvalue weighted by atomic mass is 35.5. The number of hydrogen-bond acceptors (Lipinski definition) is 4. The first kappa shape index (κ1) is 13.3. The number of benzene rings is 1. The molecule has 1 N–H and O–H groups in total. The molecule has 98 valence electrons. The molecule has 1 aromatic heterocycles. The van der Waals surface area contributed by atoms with E-state index < -0.39 is 5.97 Å². The Bertz CT molecular complexity index is 629. The SMILES string of the molecule is CN(C)c1ncc(C(=O)O)c(-c2ccccc2Cl)n1. The van der Waals surface area contributed by atoms with E-state index in [1.807, 2.05) is 0 Å². The van der Waals surface area contributed by atoms with Crippen molar-refractivity contribution in [1.82, 2.24) is 9.97 Å². The Kier molecular flexibility index (Phi) is 3.66. The molecule has 0 bridgehead atoms. The van der Waals surface area contributed by atoms with Gasteiger partial charge >= 0.3 is 5.97 Å². The number of carboxylic acid groups (broad SMARTS) is 1. The smallest absolute Gasteiger partial charge is 0.339 e. The van der Waals surface area contributed by atoms with Crippen molar-refractivity contribution >= 4 is 23.5 Å². The van der Waals surface area contributed by atoms with E-state index in [0.717, 1.165) is 0 Å². The number of halogens is 1. The predicted octanol–water partition coefficient (Wildman–Crippen LogP) is 2.56. The van der Waals surface area contributed by atoms with Crippen LogP contribution in [0.1, 0.15) is 10.4 Å². The van der Waals surface area contributed by atoms with Gasteiger partial charge in [-0.1, -0.05) is 29.8 Å². The number of rotatable bonds is 3. The van der Waals surface area contributed by atoms with Crippen LogP contribution >= 0.6 is 11.6 Å². The van der Waals surface area contributed by atoms with Gasteiger partial charge in [-0.2, -0.15) is 0 Å². The van der Waals surface area contributed by atoms with Gasteiger partial charge in [-0.25, -0.2) is 14.8 Å². The van der Waals surface area contributed by atoms with Crippen molar-refractivity contribution in [2.24, 2.45) is 0 Å². The number of nitrogens with zero attached hydrogens (tertiary/aromatic N) is 3. The molecule has 0 aliphatic rings. The second-order valence-electron chi connectivity index (χ2n) is 4.11. The molecule has 0 saturated heterocycles. The van der Waals surface area contributed by atoms with Gasteiger partial charge in [-0.05, 0) is 6.07 Å². The minimum absolute atomic E-state index is 0.0266. The second kappa shape index (κ2) is 5.24. The molecular formula is C13H12ClN3O2. The summed E-state index contributed by atoms with van der Waals surface area (Å²) in [4.78, 5) is 21.2. The minimum Gasteiger partial charge on any atom is -0.478 e. The Labute approximate surface area is 115 Å². The Morgan fingerprint density at radius 1 is 1.32 bits per heavy atom. The molecule has 6 heteroatoms. The third kappa shape index (κ3) is 2.66. The van der Waals surface area contributed by atoms with E-state index in [4.69, 9.17) is 11.6 Å². The van der Waals surface area contributed by atoms with Gasteiger partial charge in [0.15, 0.2) is 0 Å². The number of hydrogen-bond donors (Lipinski definition) is 1. The molecule has 0 unspecified atom stereocenters. The summed E-state index contributed by atoms with van der Waals surface area (Å²) in [5.41, 5.74) is 0.919. The quantitative estimate of drug-likeness (QED) is 0.934. The zero-order valence-electron chi connectivity index (χ0n) is 10.5. The number of aromatic nitrogens is 2. The predicted molar refractivity (Wildman–Crippen MR) is 73.8 cm³/mol. The summed E-state index contributed by atoms with van der Waals surface area (Å²) in [5.74, 6) is -0.653. The summed E-state index contributed by atoms with van der Waals surface area (Å²) in [5, 5.41) is 9.66. The van der Waals surface area contributed by atoms with Crippen molar-refractivity contribution < 1.29 is 9.90 Å². The Morgan fingerprint density at radius 3 is 2.58 bits per heavy atom. The number of anilines is 1. The van der Waals surface area contributed by atoms with Crippen molar-refractivity contribution in [2.75, 3.05) is 19.0 Å². The fraction of sp³-hybridized carbons (Fsp3) is 0.154.